The molecule has 2 aromatic rings. The lowest BCUT2D eigenvalue weighted by Crippen LogP contribution is -2.17. The Morgan fingerprint density at radius 2 is 2.10 bits per heavy atom. The normalized spacial score (nSPS) is 10.8. The number of aromatic amines is 1. The fourth-order valence-corrected chi connectivity index (χ4v) is 2.38. The van der Waals surface area contributed by atoms with Gasteiger partial charge in [-0.15, -0.1) is 5.10 Å². The second kappa shape index (κ2) is 5.90. The number of hydrogen-bond acceptors (Lipinski definition) is 8. The van der Waals surface area contributed by atoms with Crippen molar-refractivity contribution in [3.8, 4) is 0 Å². The van der Waals surface area contributed by atoms with Gasteiger partial charge >= 0.3 is 5.69 Å². The number of nitrogen functional groups attached to an aromatic ring is 1. The highest BCUT2D eigenvalue weighted by Gasteiger charge is 2.10. The van der Waals surface area contributed by atoms with Crippen LogP contribution in [0.25, 0.3) is 0 Å². The van der Waals surface area contributed by atoms with E-state index in [2.05, 4.69) is 25.1 Å². The number of aromatic nitrogens is 6. The van der Waals surface area contributed by atoms with Gasteiger partial charge in [-0.25, -0.2) is 9.89 Å². The summed E-state index contributed by atoms with van der Waals surface area (Å²) in [4.78, 5) is 25.6. The molecule has 0 aliphatic rings. The number of H-pyrrole nitrogens is 1. The fraction of sp³-hybridized carbons (Fsp3) is 0.500. The quantitative estimate of drug-likeness (QED) is 0.723. The van der Waals surface area contributed by atoms with E-state index < -0.39 is 0 Å². The maximum atomic E-state index is 11.4. The number of nitrogens with one attached hydrogen (secondary N) is 1. The van der Waals surface area contributed by atoms with Crippen molar-refractivity contribution in [3.05, 3.63) is 16.3 Å². The van der Waals surface area contributed by atoms with Crippen molar-refractivity contribution in [2.45, 2.75) is 24.4 Å². The summed E-state index contributed by atoms with van der Waals surface area (Å²) in [5, 5.41) is 6.97. The molecule has 108 valence electrons. The van der Waals surface area contributed by atoms with Crippen LogP contribution in [0.2, 0.25) is 0 Å². The molecule has 0 fully saturated rings. The monoisotopic (exact) mass is 296 g/mol. The van der Waals surface area contributed by atoms with Crippen molar-refractivity contribution in [1.29, 1.82) is 0 Å². The average Bonchev–Trinajstić information content (AvgIpc) is 2.76. The smallest absolute Gasteiger partial charge is 0.343 e. The third-order valence-electron chi connectivity index (χ3n) is 2.46. The first-order chi connectivity index (χ1) is 9.51. The first kappa shape index (κ1) is 14.3. The van der Waals surface area contributed by atoms with E-state index in [4.69, 9.17) is 5.73 Å². The molecule has 9 nitrogen and oxygen atoms in total. The summed E-state index contributed by atoms with van der Waals surface area (Å²) >= 11 is 1.37. The fourth-order valence-electron chi connectivity index (χ4n) is 1.51. The van der Waals surface area contributed by atoms with Gasteiger partial charge in [0.1, 0.15) is 5.82 Å². The van der Waals surface area contributed by atoms with Crippen LogP contribution in [0.3, 0.4) is 0 Å². The highest BCUT2D eigenvalue weighted by atomic mass is 32.2. The Labute approximate surface area is 119 Å². The van der Waals surface area contributed by atoms with Crippen molar-refractivity contribution >= 4 is 23.7 Å². The Morgan fingerprint density at radius 1 is 1.35 bits per heavy atom. The van der Waals surface area contributed by atoms with E-state index >= 15 is 0 Å². The van der Waals surface area contributed by atoms with Gasteiger partial charge in [0.25, 0.3) is 0 Å². The Morgan fingerprint density at radius 3 is 2.75 bits per heavy atom. The molecule has 0 aliphatic carbocycles. The van der Waals surface area contributed by atoms with Gasteiger partial charge in [0, 0.05) is 20.6 Å². The summed E-state index contributed by atoms with van der Waals surface area (Å²) in [5.41, 5.74) is 5.43. The molecule has 0 saturated carbocycles. The van der Waals surface area contributed by atoms with Gasteiger partial charge < -0.3 is 10.6 Å². The van der Waals surface area contributed by atoms with Gasteiger partial charge in [-0.2, -0.15) is 15.0 Å². The zero-order valence-corrected chi connectivity index (χ0v) is 12.3. The third-order valence-corrected chi connectivity index (χ3v) is 3.43. The lowest BCUT2D eigenvalue weighted by Gasteiger charge is -2.11. The number of thioether (sulfide) groups is 1. The van der Waals surface area contributed by atoms with Crippen molar-refractivity contribution < 1.29 is 0 Å². The molecule has 0 saturated heterocycles. The van der Waals surface area contributed by atoms with E-state index in [9.17, 15) is 4.79 Å². The van der Waals surface area contributed by atoms with Gasteiger partial charge in [0.2, 0.25) is 11.9 Å². The maximum Gasteiger partial charge on any atom is 0.343 e. The first-order valence-corrected chi connectivity index (χ1v) is 6.95. The molecule has 0 spiro atoms. The van der Waals surface area contributed by atoms with Gasteiger partial charge in [-0.1, -0.05) is 11.8 Å². The second-order valence-corrected chi connectivity index (χ2v) is 5.09. The maximum absolute atomic E-state index is 11.4. The van der Waals surface area contributed by atoms with Crippen LogP contribution in [-0.4, -0.2) is 43.8 Å². The van der Waals surface area contributed by atoms with Crippen LogP contribution in [0.1, 0.15) is 12.7 Å². The third kappa shape index (κ3) is 3.07. The average molecular weight is 296 g/mol. The van der Waals surface area contributed by atoms with Crippen LogP contribution in [0.5, 0.6) is 0 Å². The molecule has 0 aromatic carbocycles. The van der Waals surface area contributed by atoms with E-state index in [0.717, 1.165) is 0 Å². The van der Waals surface area contributed by atoms with E-state index in [1.807, 2.05) is 21.0 Å². The lowest BCUT2D eigenvalue weighted by molar-refractivity contribution is 0.660. The Bertz CT molecular complexity index is 649. The Hall–Kier alpha value is -2.10. The highest BCUT2D eigenvalue weighted by Crippen LogP contribution is 2.18. The number of nitrogens with two attached hydrogens (primary N) is 1. The number of anilines is 2. The van der Waals surface area contributed by atoms with Crippen LogP contribution in [0, 0.1) is 0 Å². The van der Waals surface area contributed by atoms with Crippen LogP contribution in [-0.2, 0) is 12.3 Å². The lowest BCUT2D eigenvalue weighted by atomic mass is 10.6. The molecule has 0 amide bonds. The summed E-state index contributed by atoms with van der Waals surface area (Å²) in [7, 11) is 3.66. The van der Waals surface area contributed by atoms with Crippen LogP contribution < -0.4 is 16.3 Å². The van der Waals surface area contributed by atoms with Crippen molar-refractivity contribution in [2.24, 2.45) is 0 Å². The molecule has 2 rings (SSSR count). The van der Waals surface area contributed by atoms with Gasteiger partial charge in [-0.3, -0.25) is 4.57 Å². The van der Waals surface area contributed by atoms with E-state index in [1.54, 1.807) is 9.47 Å². The Balaban J connectivity index is 2.16. The standard InChI is InChI=1S/C10H16N8OS/c1-4-18-9(19)15-16-10(18)20-5-6-12-7(11)14-8(13-6)17(2)3/h4-5H2,1-3H3,(H,15,19)(H2,11,12,13,14). The van der Waals surface area contributed by atoms with Crippen LogP contribution >= 0.6 is 11.8 Å². The van der Waals surface area contributed by atoms with Crippen molar-refractivity contribution in [1.82, 2.24) is 29.7 Å². The van der Waals surface area contributed by atoms with E-state index in [-0.39, 0.29) is 11.6 Å². The van der Waals surface area contributed by atoms with Crippen molar-refractivity contribution in [3.63, 3.8) is 0 Å². The highest BCUT2D eigenvalue weighted by molar-refractivity contribution is 7.98. The summed E-state index contributed by atoms with van der Waals surface area (Å²) in [6, 6.07) is 0. The molecule has 0 bridgehead atoms. The summed E-state index contributed by atoms with van der Waals surface area (Å²) < 4.78 is 1.54. The molecule has 10 heteroatoms. The largest absolute Gasteiger partial charge is 0.368 e. The van der Waals surface area contributed by atoms with Gasteiger partial charge in [0.15, 0.2) is 5.16 Å². The number of hydrogen-bond donors (Lipinski definition) is 2. The molecule has 0 radical (unpaired) electrons. The summed E-state index contributed by atoms with van der Waals surface area (Å²) in [6.45, 7) is 2.44. The second-order valence-electron chi connectivity index (χ2n) is 4.15. The molecule has 0 atom stereocenters. The summed E-state index contributed by atoms with van der Waals surface area (Å²) in [6.07, 6.45) is 0. The first-order valence-electron chi connectivity index (χ1n) is 5.97. The molecule has 0 aliphatic heterocycles. The summed E-state index contributed by atoms with van der Waals surface area (Å²) in [5.74, 6) is 1.68. The predicted octanol–water partition coefficient (Wildman–Crippen LogP) is -0.283. The predicted molar refractivity (Wildman–Crippen MR) is 76.6 cm³/mol. The SMILES string of the molecule is CCn1c(SCc2nc(N)nc(N(C)C)n2)n[nH]c1=O. The van der Waals surface area contributed by atoms with Gasteiger partial charge in [0.05, 0.1) is 5.75 Å². The zero-order valence-electron chi connectivity index (χ0n) is 11.5. The Kier molecular flexibility index (Phi) is 4.23. The molecule has 2 heterocycles. The molecular weight excluding hydrogens is 280 g/mol. The number of rotatable bonds is 5. The molecular formula is C10H16N8OS. The topological polar surface area (TPSA) is 119 Å². The van der Waals surface area contributed by atoms with E-state index in [0.29, 0.717) is 29.2 Å². The number of nitrogens with zero attached hydrogens (tertiary/aromatic N) is 6. The minimum atomic E-state index is -0.223. The zero-order chi connectivity index (χ0) is 14.7. The molecule has 2 aromatic heterocycles. The van der Waals surface area contributed by atoms with Crippen LogP contribution in [0.4, 0.5) is 11.9 Å². The minimum Gasteiger partial charge on any atom is -0.368 e. The molecule has 3 N–H and O–H groups in total. The van der Waals surface area contributed by atoms with E-state index in [1.165, 1.54) is 11.8 Å². The minimum absolute atomic E-state index is 0.175. The van der Waals surface area contributed by atoms with Crippen LogP contribution in [0.15, 0.2) is 9.95 Å². The molecule has 0 unspecified atom stereocenters. The molecule has 20 heavy (non-hydrogen) atoms. The van der Waals surface area contributed by atoms with Crippen molar-refractivity contribution in [2.75, 3.05) is 24.7 Å². The van der Waals surface area contributed by atoms with Gasteiger partial charge in [-0.05, 0) is 6.92 Å².